The number of nitrogens with one attached hydrogen (secondary N) is 2. The summed E-state index contributed by atoms with van der Waals surface area (Å²) in [6.45, 7) is 4.22. The molecule has 0 aliphatic heterocycles. The molecule has 0 aliphatic rings. The molecule has 0 saturated carbocycles. The normalized spacial score (nSPS) is 11.2. The molecule has 0 aromatic heterocycles. The molecule has 5 heteroatoms. The predicted octanol–water partition coefficient (Wildman–Crippen LogP) is 2.24. The fraction of sp³-hybridized carbons (Fsp3) is 0.467. The summed E-state index contributed by atoms with van der Waals surface area (Å²) < 4.78 is 0. The molecule has 5 nitrogen and oxygen atoms in total. The average molecular weight is 278 g/mol. The Morgan fingerprint density at radius 3 is 2.45 bits per heavy atom. The maximum Gasteiger partial charge on any atom is 0.303 e. The Bertz CT molecular complexity index is 484. The highest BCUT2D eigenvalue weighted by Crippen LogP contribution is 2.26. The smallest absolute Gasteiger partial charge is 0.303 e. The van der Waals surface area contributed by atoms with E-state index < -0.39 is 11.4 Å². The number of hydrogen-bond donors (Lipinski definition) is 3. The summed E-state index contributed by atoms with van der Waals surface area (Å²) in [5.74, 6) is -1.06. The van der Waals surface area contributed by atoms with Gasteiger partial charge in [-0.05, 0) is 24.1 Å². The number of para-hydroxylation sites is 1. The Morgan fingerprint density at radius 2 is 1.85 bits per heavy atom. The molecule has 20 heavy (non-hydrogen) atoms. The van der Waals surface area contributed by atoms with Crippen LogP contribution in [-0.4, -0.2) is 24.0 Å². The number of carbonyl (C=O) groups excluding carboxylic acids is 1. The third kappa shape index (κ3) is 5.40. The van der Waals surface area contributed by atoms with Crippen molar-refractivity contribution in [1.29, 1.82) is 0 Å². The lowest BCUT2D eigenvalue weighted by Crippen LogP contribution is -2.25. The Kier molecular flexibility index (Phi) is 5.70. The quantitative estimate of drug-likeness (QED) is 0.714. The molecule has 0 radical (unpaired) electrons. The maximum absolute atomic E-state index is 12.0. The summed E-state index contributed by atoms with van der Waals surface area (Å²) in [6.07, 6.45) is 0.145. The van der Waals surface area contributed by atoms with Gasteiger partial charge in [0.15, 0.2) is 0 Å². The van der Waals surface area contributed by atoms with Crippen LogP contribution in [0, 0.1) is 5.41 Å². The first-order chi connectivity index (χ1) is 9.34. The average Bonchev–Trinajstić information content (AvgIpc) is 2.29. The van der Waals surface area contributed by atoms with E-state index in [4.69, 9.17) is 5.11 Å². The predicted molar refractivity (Wildman–Crippen MR) is 78.5 cm³/mol. The zero-order valence-corrected chi connectivity index (χ0v) is 12.2. The Hall–Kier alpha value is -1.88. The minimum atomic E-state index is -0.890. The lowest BCUT2D eigenvalue weighted by Gasteiger charge is -2.22. The van der Waals surface area contributed by atoms with Gasteiger partial charge in [-0.3, -0.25) is 9.59 Å². The largest absolute Gasteiger partial charge is 0.481 e. The number of aliphatic carboxylic acids is 1. The molecule has 0 spiro atoms. The number of carbonyl (C=O) groups is 2. The van der Waals surface area contributed by atoms with Crippen molar-refractivity contribution in [3.8, 4) is 0 Å². The summed E-state index contributed by atoms with van der Waals surface area (Å²) in [7, 11) is 1.84. The highest BCUT2D eigenvalue weighted by molar-refractivity contribution is 5.92. The summed E-state index contributed by atoms with van der Waals surface area (Å²) in [4.78, 5) is 22.8. The van der Waals surface area contributed by atoms with Gasteiger partial charge in [0.05, 0.1) is 6.42 Å². The third-order valence-electron chi connectivity index (χ3n) is 2.93. The van der Waals surface area contributed by atoms with E-state index in [1.807, 2.05) is 31.3 Å². The van der Waals surface area contributed by atoms with Crippen molar-refractivity contribution in [2.75, 3.05) is 12.4 Å². The van der Waals surface area contributed by atoms with Crippen LogP contribution in [-0.2, 0) is 16.1 Å². The van der Waals surface area contributed by atoms with Crippen molar-refractivity contribution in [2.24, 2.45) is 5.41 Å². The molecule has 1 rings (SSSR count). The van der Waals surface area contributed by atoms with E-state index in [1.54, 1.807) is 13.8 Å². The van der Waals surface area contributed by atoms with Crippen molar-refractivity contribution in [2.45, 2.75) is 33.2 Å². The summed E-state index contributed by atoms with van der Waals surface area (Å²) in [5.41, 5.74) is 1.20. The molecular formula is C15H22N2O3. The van der Waals surface area contributed by atoms with E-state index in [0.29, 0.717) is 6.54 Å². The lowest BCUT2D eigenvalue weighted by atomic mass is 9.85. The number of rotatable bonds is 7. The van der Waals surface area contributed by atoms with Crippen LogP contribution in [0.2, 0.25) is 0 Å². The van der Waals surface area contributed by atoms with Gasteiger partial charge in [-0.25, -0.2) is 0 Å². The topological polar surface area (TPSA) is 78.4 Å². The third-order valence-corrected chi connectivity index (χ3v) is 2.93. The van der Waals surface area contributed by atoms with Gasteiger partial charge in [0.25, 0.3) is 0 Å². The number of benzene rings is 1. The van der Waals surface area contributed by atoms with Gasteiger partial charge < -0.3 is 15.7 Å². The Balaban J connectivity index is 2.69. The van der Waals surface area contributed by atoms with Gasteiger partial charge in [-0.1, -0.05) is 32.0 Å². The van der Waals surface area contributed by atoms with Gasteiger partial charge in [0.1, 0.15) is 0 Å². The van der Waals surface area contributed by atoms with Crippen molar-refractivity contribution in [1.82, 2.24) is 5.32 Å². The zero-order valence-electron chi connectivity index (χ0n) is 12.2. The van der Waals surface area contributed by atoms with Crippen LogP contribution in [0.1, 0.15) is 32.3 Å². The zero-order chi connectivity index (χ0) is 15.2. The van der Waals surface area contributed by atoms with Crippen LogP contribution in [0.3, 0.4) is 0 Å². The molecular weight excluding hydrogens is 256 g/mol. The van der Waals surface area contributed by atoms with Crippen molar-refractivity contribution in [3.05, 3.63) is 29.8 Å². The van der Waals surface area contributed by atoms with Gasteiger partial charge >= 0.3 is 5.97 Å². The molecule has 110 valence electrons. The number of carboxylic acid groups (broad SMARTS) is 1. The molecule has 0 atom stereocenters. The monoisotopic (exact) mass is 278 g/mol. The van der Waals surface area contributed by atoms with E-state index in [1.165, 1.54) is 0 Å². The summed E-state index contributed by atoms with van der Waals surface area (Å²) in [5, 5.41) is 14.7. The molecule has 0 fully saturated rings. The van der Waals surface area contributed by atoms with Crippen LogP contribution in [0.15, 0.2) is 24.3 Å². The number of carboxylic acids is 1. The van der Waals surface area contributed by atoms with E-state index >= 15 is 0 Å². The molecule has 0 bridgehead atoms. The minimum absolute atomic E-state index is 0.0292. The number of hydrogen-bond acceptors (Lipinski definition) is 3. The van der Waals surface area contributed by atoms with Gasteiger partial charge in [0.2, 0.25) is 5.91 Å². The first kappa shape index (κ1) is 16.2. The second-order valence-corrected chi connectivity index (χ2v) is 5.65. The second-order valence-electron chi connectivity index (χ2n) is 5.65. The van der Waals surface area contributed by atoms with E-state index in [-0.39, 0.29) is 18.7 Å². The molecule has 0 unspecified atom stereocenters. The molecule has 3 N–H and O–H groups in total. The van der Waals surface area contributed by atoms with E-state index in [0.717, 1.165) is 11.3 Å². The number of anilines is 1. The summed E-state index contributed by atoms with van der Waals surface area (Å²) >= 11 is 0. The highest BCUT2D eigenvalue weighted by atomic mass is 16.4. The molecule has 1 amide bonds. The minimum Gasteiger partial charge on any atom is -0.481 e. The highest BCUT2D eigenvalue weighted by Gasteiger charge is 2.25. The molecule has 0 heterocycles. The maximum atomic E-state index is 12.0. The van der Waals surface area contributed by atoms with E-state index in [9.17, 15) is 9.59 Å². The fourth-order valence-corrected chi connectivity index (χ4v) is 2.09. The van der Waals surface area contributed by atoms with Crippen LogP contribution < -0.4 is 10.6 Å². The van der Waals surface area contributed by atoms with Gasteiger partial charge in [-0.2, -0.15) is 0 Å². The van der Waals surface area contributed by atoms with Crippen molar-refractivity contribution in [3.63, 3.8) is 0 Å². The molecule has 0 aliphatic carbocycles. The molecule has 1 aromatic carbocycles. The molecule has 0 saturated heterocycles. The van der Waals surface area contributed by atoms with E-state index in [2.05, 4.69) is 10.6 Å². The lowest BCUT2D eigenvalue weighted by molar-refractivity contribution is -0.139. The van der Waals surface area contributed by atoms with Gasteiger partial charge in [-0.15, -0.1) is 0 Å². The van der Waals surface area contributed by atoms with Crippen LogP contribution in [0.5, 0.6) is 0 Å². The fourth-order valence-electron chi connectivity index (χ4n) is 2.09. The van der Waals surface area contributed by atoms with Crippen molar-refractivity contribution < 1.29 is 14.7 Å². The Labute approximate surface area is 119 Å². The van der Waals surface area contributed by atoms with Crippen LogP contribution >= 0.6 is 0 Å². The van der Waals surface area contributed by atoms with Gasteiger partial charge in [0, 0.05) is 18.7 Å². The van der Waals surface area contributed by atoms with Crippen LogP contribution in [0.25, 0.3) is 0 Å². The first-order valence-electron chi connectivity index (χ1n) is 6.58. The number of amides is 1. The Morgan fingerprint density at radius 1 is 1.20 bits per heavy atom. The standard InChI is InChI=1S/C15H22N2O3/c1-15(2,9-14(19)20)8-13(18)17-12-7-5-4-6-11(12)10-16-3/h4-7,16H,8-10H2,1-3H3,(H,17,18)(H,19,20). The summed E-state index contributed by atoms with van der Waals surface area (Å²) in [6, 6.07) is 7.55. The molecule has 1 aromatic rings. The van der Waals surface area contributed by atoms with Crippen molar-refractivity contribution >= 4 is 17.6 Å². The first-order valence-corrected chi connectivity index (χ1v) is 6.58. The second kappa shape index (κ2) is 7.05. The SMILES string of the molecule is CNCc1ccccc1NC(=O)CC(C)(C)CC(=O)O. The van der Waals surface area contributed by atoms with Crippen LogP contribution in [0.4, 0.5) is 5.69 Å².